The Balaban J connectivity index is 1.94. The molecule has 0 aromatic heterocycles. The van der Waals surface area contributed by atoms with Gasteiger partial charge in [-0.3, -0.25) is 0 Å². The summed E-state index contributed by atoms with van der Waals surface area (Å²) >= 11 is 0. The van der Waals surface area contributed by atoms with E-state index in [0.717, 1.165) is 32.1 Å². The van der Waals surface area contributed by atoms with Crippen LogP contribution in [0, 0.1) is 5.41 Å². The fourth-order valence-corrected chi connectivity index (χ4v) is 2.95. The normalized spacial score (nSPS) is 23.8. The van der Waals surface area contributed by atoms with Crippen molar-refractivity contribution in [3.8, 4) is 0 Å². The smallest absolute Gasteiger partial charge is 0.0691 e. The summed E-state index contributed by atoms with van der Waals surface area (Å²) in [4.78, 5) is 0. The molecule has 1 aromatic carbocycles. The minimum Gasteiger partial charge on any atom is -0.390 e. The fraction of sp³-hybridized carbons (Fsp3) is 0.647. The molecule has 2 rings (SSSR count). The van der Waals surface area contributed by atoms with Gasteiger partial charge >= 0.3 is 0 Å². The number of aryl methyl sites for hydroxylation is 1. The van der Waals surface area contributed by atoms with E-state index >= 15 is 0 Å². The molecule has 1 aliphatic carbocycles. The molecule has 0 aliphatic heterocycles. The van der Waals surface area contributed by atoms with E-state index in [1.807, 2.05) is 0 Å². The zero-order valence-electron chi connectivity index (χ0n) is 12.0. The first kappa shape index (κ1) is 13.6. The Morgan fingerprint density at radius 1 is 1.17 bits per heavy atom. The van der Waals surface area contributed by atoms with Crippen molar-refractivity contribution in [2.24, 2.45) is 5.41 Å². The predicted octanol–water partition coefficient (Wildman–Crippen LogP) is 4.12. The van der Waals surface area contributed by atoms with E-state index in [2.05, 4.69) is 45.0 Å². The first-order valence-corrected chi connectivity index (χ1v) is 7.17. The third-order valence-electron chi connectivity index (χ3n) is 4.07. The molecule has 0 fully saturated rings. The van der Waals surface area contributed by atoms with Crippen LogP contribution in [0.1, 0.15) is 57.6 Å². The van der Waals surface area contributed by atoms with Crippen LogP contribution in [0.15, 0.2) is 24.3 Å². The molecule has 100 valence electrons. The maximum absolute atomic E-state index is 10.7. The summed E-state index contributed by atoms with van der Waals surface area (Å²) in [5, 5.41) is 10.7. The Kier molecular flexibility index (Phi) is 3.82. The van der Waals surface area contributed by atoms with Crippen molar-refractivity contribution in [3.05, 3.63) is 35.4 Å². The van der Waals surface area contributed by atoms with E-state index in [1.165, 1.54) is 17.5 Å². The van der Waals surface area contributed by atoms with E-state index in [9.17, 15) is 5.11 Å². The number of hydrogen-bond donors (Lipinski definition) is 1. The van der Waals surface area contributed by atoms with E-state index in [1.54, 1.807) is 0 Å². The van der Waals surface area contributed by atoms with Crippen LogP contribution in [0.2, 0.25) is 0 Å². The molecule has 1 atom stereocenters. The average molecular weight is 246 g/mol. The third kappa shape index (κ3) is 3.58. The van der Waals surface area contributed by atoms with Gasteiger partial charge in [0.25, 0.3) is 0 Å². The lowest BCUT2D eigenvalue weighted by Crippen LogP contribution is -2.35. The lowest BCUT2D eigenvalue weighted by atomic mass is 9.76. The zero-order valence-corrected chi connectivity index (χ0v) is 12.0. The summed E-state index contributed by atoms with van der Waals surface area (Å²) in [7, 11) is 0. The van der Waals surface area contributed by atoms with Gasteiger partial charge in [-0.2, -0.15) is 0 Å². The van der Waals surface area contributed by atoms with Crippen LogP contribution < -0.4 is 0 Å². The van der Waals surface area contributed by atoms with E-state index in [0.29, 0.717) is 5.41 Å². The molecule has 0 amide bonds. The number of fused-ring (bicyclic) bond motifs is 1. The molecule has 1 aromatic rings. The largest absolute Gasteiger partial charge is 0.390 e. The summed E-state index contributed by atoms with van der Waals surface area (Å²) in [6, 6.07) is 8.55. The second kappa shape index (κ2) is 5.05. The van der Waals surface area contributed by atoms with Gasteiger partial charge in [0, 0.05) is 6.42 Å². The number of hydrogen-bond acceptors (Lipinski definition) is 1. The first-order chi connectivity index (χ1) is 8.38. The Labute approximate surface area is 111 Å². The molecule has 1 aliphatic rings. The molecular formula is C17H26O. The molecule has 0 spiro atoms. The van der Waals surface area contributed by atoms with Crippen LogP contribution in [-0.2, 0) is 12.8 Å². The average Bonchev–Trinajstić information content (AvgIpc) is 2.27. The van der Waals surface area contributed by atoms with Crippen LogP contribution in [-0.4, -0.2) is 10.7 Å². The molecule has 1 heteroatoms. The summed E-state index contributed by atoms with van der Waals surface area (Å²) in [5.74, 6) is 0. The zero-order chi connectivity index (χ0) is 13.2. The molecule has 18 heavy (non-hydrogen) atoms. The number of rotatable bonds is 3. The lowest BCUT2D eigenvalue weighted by molar-refractivity contribution is 0.0136. The molecule has 0 heterocycles. The van der Waals surface area contributed by atoms with Crippen LogP contribution >= 0.6 is 0 Å². The van der Waals surface area contributed by atoms with Crippen molar-refractivity contribution in [1.29, 1.82) is 0 Å². The van der Waals surface area contributed by atoms with Crippen molar-refractivity contribution in [1.82, 2.24) is 0 Å². The van der Waals surface area contributed by atoms with Crippen LogP contribution in [0.4, 0.5) is 0 Å². The Morgan fingerprint density at radius 2 is 1.83 bits per heavy atom. The molecule has 1 N–H and O–H groups in total. The van der Waals surface area contributed by atoms with Crippen molar-refractivity contribution < 1.29 is 5.11 Å². The third-order valence-corrected chi connectivity index (χ3v) is 4.07. The van der Waals surface area contributed by atoms with Gasteiger partial charge in [-0.15, -0.1) is 0 Å². The lowest BCUT2D eigenvalue weighted by Gasteiger charge is -2.34. The van der Waals surface area contributed by atoms with Crippen LogP contribution in [0.25, 0.3) is 0 Å². The van der Waals surface area contributed by atoms with Crippen molar-refractivity contribution in [3.63, 3.8) is 0 Å². The highest BCUT2D eigenvalue weighted by atomic mass is 16.3. The minimum atomic E-state index is -0.459. The van der Waals surface area contributed by atoms with E-state index in [-0.39, 0.29) is 0 Å². The van der Waals surface area contributed by atoms with Crippen molar-refractivity contribution in [2.75, 3.05) is 0 Å². The van der Waals surface area contributed by atoms with Crippen LogP contribution in [0.3, 0.4) is 0 Å². The molecule has 0 saturated heterocycles. The highest BCUT2D eigenvalue weighted by Gasteiger charge is 2.31. The molecule has 1 nitrogen and oxygen atoms in total. The Hall–Kier alpha value is -0.820. The quantitative estimate of drug-likeness (QED) is 0.850. The maximum atomic E-state index is 10.7. The minimum absolute atomic E-state index is 0.378. The highest BCUT2D eigenvalue weighted by molar-refractivity contribution is 5.31. The van der Waals surface area contributed by atoms with Gasteiger partial charge in [-0.1, -0.05) is 51.5 Å². The van der Waals surface area contributed by atoms with Gasteiger partial charge in [0.1, 0.15) is 0 Å². The standard InChI is InChI=1S/C17H26O/c1-16(2,3)10-6-11-17(18)12-9-14-7-4-5-8-15(14)13-17/h4-5,7-8,18H,6,9-13H2,1-3H3. The van der Waals surface area contributed by atoms with Gasteiger partial charge in [0.05, 0.1) is 5.60 Å². The van der Waals surface area contributed by atoms with E-state index in [4.69, 9.17) is 0 Å². The topological polar surface area (TPSA) is 20.2 Å². The summed E-state index contributed by atoms with van der Waals surface area (Å²) in [6.45, 7) is 6.81. The highest BCUT2D eigenvalue weighted by Crippen LogP contribution is 2.33. The van der Waals surface area contributed by atoms with Gasteiger partial charge in [-0.05, 0) is 42.2 Å². The van der Waals surface area contributed by atoms with Gasteiger partial charge in [0.15, 0.2) is 0 Å². The molecule has 0 saturated carbocycles. The fourth-order valence-electron chi connectivity index (χ4n) is 2.95. The second-order valence-electron chi connectivity index (χ2n) is 7.08. The second-order valence-corrected chi connectivity index (χ2v) is 7.08. The van der Waals surface area contributed by atoms with Crippen molar-refractivity contribution >= 4 is 0 Å². The molecule has 1 unspecified atom stereocenters. The predicted molar refractivity (Wildman–Crippen MR) is 76.7 cm³/mol. The number of benzene rings is 1. The molecule has 0 radical (unpaired) electrons. The Morgan fingerprint density at radius 3 is 2.50 bits per heavy atom. The summed E-state index contributed by atoms with van der Waals surface area (Å²) in [6.07, 6.45) is 6.06. The SMILES string of the molecule is CC(C)(C)CCCC1(O)CCc2ccccc2C1. The van der Waals surface area contributed by atoms with Gasteiger partial charge in [0.2, 0.25) is 0 Å². The maximum Gasteiger partial charge on any atom is 0.0691 e. The summed E-state index contributed by atoms with van der Waals surface area (Å²) < 4.78 is 0. The molecular weight excluding hydrogens is 220 g/mol. The number of aliphatic hydroxyl groups is 1. The van der Waals surface area contributed by atoms with Gasteiger partial charge in [-0.25, -0.2) is 0 Å². The van der Waals surface area contributed by atoms with E-state index < -0.39 is 5.60 Å². The monoisotopic (exact) mass is 246 g/mol. The van der Waals surface area contributed by atoms with Gasteiger partial charge < -0.3 is 5.11 Å². The molecule has 0 bridgehead atoms. The van der Waals surface area contributed by atoms with Crippen LogP contribution in [0.5, 0.6) is 0 Å². The Bertz CT molecular complexity index is 402. The first-order valence-electron chi connectivity index (χ1n) is 7.17. The van der Waals surface area contributed by atoms with Crippen molar-refractivity contribution in [2.45, 2.75) is 64.9 Å². The summed E-state index contributed by atoms with van der Waals surface area (Å²) in [5.41, 5.74) is 2.70.